The summed E-state index contributed by atoms with van der Waals surface area (Å²) in [6.45, 7) is 0. The Morgan fingerprint density at radius 2 is 2.11 bits per heavy atom. The zero-order chi connectivity index (χ0) is 13.2. The molecule has 0 radical (unpaired) electrons. The van der Waals surface area contributed by atoms with Crippen molar-refractivity contribution in [3.63, 3.8) is 0 Å². The normalized spacial score (nSPS) is 10.5. The first-order valence-electron chi connectivity index (χ1n) is 5.53. The molecule has 5 nitrogen and oxygen atoms in total. The third-order valence-corrected chi connectivity index (χ3v) is 3.67. The van der Waals surface area contributed by atoms with Gasteiger partial charge in [0, 0.05) is 17.3 Å². The Morgan fingerprint density at radius 3 is 2.79 bits per heavy atom. The van der Waals surface area contributed by atoms with Crippen molar-refractivity contribution in [2.75, 3.05) is 0 Å². The SMILES string of the molecule is O=C(O)c1cnc(-c2cccc(-c3ccn[nH]3)c2)s1. The van der Waals surface area contributed by atoms with E-state index in [0.29, 0.717) is 5.01 Å². The molecule has 0 aliphatic carbocycles. The monoisotopic (exact) mass is 271 g/mol. The predicted octanol–water partition coefficient (Wildman–Crippen LogP) is 2.90. The second kappa shape index (κ2) is 4.66. The van der Waals surface area contributed by atoms with Gasteiger partial charge in [-0.25, -0.2) is 9.78 Å². The summed E-state index contributed by atoms with van der Waals surface area (Å²) in [7, 11) is 0. The topological polar surface area (TPSA) is 78.9 Å². The maximum atomic E-state index is 10.9. The van der Waals surface area contributed by atoms with Crippen LogP contribution in [0.5, 0.6) is 0 Å². The summed E-state index contributed by atoms with van der Waals surface area (Å²) >= 11 is 1.16. The molecule has 0 fully saturated rings. The van der Waals surface area contributed by atoms with Crippen LogP contribution in [0.1, 0.15) is 9.67 Å². The molecular weight excluding hydrogens is 262 g/mol. The highest BCUT2D eigenvalue weighted by molar-refractivity contribution is 7.16. The van der Waals surface area contributed by atoms with Crippen LogP contribution in [0.25, 0.3) is 21.8 Å². The maximum absolute atomic E-state index is 10.9. The standard InChI is InChI=1S/C13H9N3O2S/c17-13(18)11-7-14-12(19-11)9-3-1-2-8(6-9)10-4-5-15-16-10/h1-7H,(H,15,16)(H,17,18). The summed E-state index contributed by atoms with van der Waals surface area (Å²) in [6.07, 6.45) is 3.07. The van der Waals surface area contributed by atoms with Crippen molar-refractivity contribution < 1.29 is 9.90 Å². The molecule has 0 atom stereocenters. The first kappa shape index (κ1) is 11.6. The summed E-state index contributed by atoms with van der Waals surface area (Å²) in [5.41, 5.74) is 2.79. The number of aromatic carboxylic acids is 1. The lowest BCUT2D eigenvalue weighted by Gasteiger charge is -2.00. The molecule has 0 unspecified atom stereocenters. The van der Waals surface area contributed by atoms with Gasteiger partial charge in [0.1, 0.15) is 9.88 Å². The van der Waals surface area contributed by atoms with E-state index in [2.05, 4.69) is 15.2 Å². The second-order valence-corrected chi connectivity index (χ2v) is 4.92. The van der Waals surface area contributed by atoms with Crippen molar-refractivity contribution in [3.8, 4) is 21.8 Å². The van der Waals surface area contributed by atoms with E-state index in [1.165, 1.54) is 6.20 Å². The van der Waals surface area contributed by atoms with Gasteiger partial charge >= 0.3 is 5.97 Å². The highest BCUT2D eigenvalue weighted by atomic mass is 32.1. The Morgan fingerprint density at radius 1 is 1.26 bits per heavy atom. The zero-order valence-corrected chi connectivity index (χ0v) is 10.5. The zero-order valence-electron chi connectivity index (χ0n) is 9.70. The Bertz CT molecular complexity index is 719. The predicted molar refractivity (Wildman–Crippen MR) is 72.1 cm³/mol. The van der Waals surface area contributed by atoms with E-state index >= 15 is 0 Å². The molecule has 1 aromatic carbocycles. The highest BCUT2D eigenvalue weighted by Gasteiger charge is 2.10. The number of benzene rings is 1. The number of hydrogen-bond donors (Lipinski definition) is 2. The molecule has 0 amide bonds. The van der Waals surface area contributed by atoms with Gasteiger partial charge in [-0.15, -0.1) is 11.3 Å². The fourth-order valence-electron chi connectivity index (χ4n) is 1.74. The quantitative estimate of drug-likeness (QED) is 0.767. The summed E-state index contributed by atoms with van der Waals surface area (Å²) in [4.78, 5) is 15.2. The lowest BCUT2D eigenvalue weighted by Crippen LogP contribution is -1.89. The molecule has 2 N–H and O–H groups in total. The molecule has 0 saturated carbocycles. The molecule has 0 aliphatic heterocycles. The third kappa shape index (κ3) is 2.25. The molecule has 2 aromatic heterocycles. The van der Waals surface area contributed by atoms with Gasteiger partial charge in [0.2, 0.25) is 0 Å². The van der Waals surface area contributed by atoms with E-state index in [9.17, 15) is 4.79 Å². The number of hydrogen-bond acceptors (Lipinski definition) is 4. The molecule has 0 saturated heterocycles. The highest BCUT2D eigenvalue weighted by Crippen LogP contribution is 2.28. The van der Waals surface area contributed by atoms with Crippen molar-refractivity contribution >= 4 is 17.3 Å². The minimum absolute atomic E-state index is 0.238. The number of nitrogens with zero attached hydrogens (tertiary/aromatic N) is 2. The van der Waals surface area contributed by atoms with Gasteiger partial charge in [0.05, 0.1) is 11.9 Å². The molecule has 19 heavy (non-hydrogen) atoms. The average Bonchev–Trinajstić information content (AvgIpc) is 3.10. The average molecular weight is 271 g/mol. The summed E-state index contributed by atoms with van der Waals surface area (Å²) < 4.78 is 0. The van der Waals surface area contributed by atoms with Crippen LogP contribution in [0.15, 0.2) is 42.7 Å². The minimum atomic E-state index is -0.950. The number of aromatic amines is 1. The third-order valence-electron chi connectivity index (χ3n) is 2.64. The van der Waals surface area contributed by atoms with E-state index in [0.717, 1.165) is 28.2 Å². The molecule has 0 spiro atoms. The van der Waals surface area contributed by atoms with E-state index in [1.54, 1.807) is 6.20 Å². The number of carboxylic acid groups (broad SMARTS) is 1. The minimum Gasteiger partial charge on any atom is -0.477 e. The van der Waals surface area contributed by atoms with Gasteiger partial charge in [-0.3, -0.25) is 5.10 Å². The summed E-state index contributed by atoms with van der Waals surface area (Å²) in [5.74, 6) is -0.950. The van der Waals surface area contributed by atoms with Gasteiger partial charge in [-0.2, -0.15) is 5.10 Å². The Balaban J connectivity index is 2.01. The van der Waals surface area contributed by atoms with Crippen molar-refractivity contribution in [3.05, 3.63) is 47.6 Å². The lowest BCUT2D eigenvalue weighted by atomic mass is 10.1. The van der Waals surface area contributed by atoms with Crippen molar-refractivity contribution in [2.45, 2.75) is 0 Å². The Labute approximate surface area is 112 Å². The van der Waals surface area contributed by atoms with Crippen LogP contribution >= 0.6 is 11.3 Å². The maximum Gasteiger partial charge on any atom is 0.347 e. The van der Waals surface area contributed by atoms with Gasteiger partial charge in [-0.05, 0) is 12.1 Å². The first-order valence-corrected chi connectivity index (χ1v) is 6.35. The van der Waals surface area contributed by atoms with Crippen molar-refractivity contribution in [2.24, 2.45) is 0 Å². The molecule has 3 rings (SSSR count). The number of carboxylic acids is 1. The molecule has 0 bridgehead atoms. The van der Waals surface area contributed by atoms with E-state index in [1.807, 2.05) is 30.3 Å². The number of H-pyrrole nitrogens is 1. The van der Waals surface area contributed by atoms with Gasteiger partial charge < -0.3 is 5.11 Å². The number of carbonyl (C=O) groups is 1. The smallest absolute Gasteiger partial charge is 0.347 e. The number of rotatable bonds is 3. The Kier molecular flexibility index (Phi) is 2.85. The molecule has 94 valence electrons. The van der Waals surface area contributed by atoms with Crippen molar-refractivity contribution in [1.29, 1.82) is 0 Å². The fraction of sp³-hybridized carbons (Fsp3) is 0. The molecule has 3 aromatic rings. The van der Waals surface area contributed by atoms with Crippen LogP contribution in [0, 0.1) is 0 Å². The molecular formula is C13H9N3O2S. The number of aromatic nitrogens is 3. The summed E-state index contributed by atoms with van der Waals surface area (Å²) in [6, 6.07) is 9.61. The fourth-order valence-corrected chi connectivity index (χ4v) is 2.49. The largest absolute Gasteiger partial charge is 0.477 e. The van der Waals surface area contributed by atoms with Gasteiger partial charge in [-0.1, -0.05) is 18.2 Å². The molecule has 2 heterocycles. The summed E-state index contributed by atoms with van der Waals surface area (Å²) in [5, 5.41) is 16.4. The Hall–Kier alpha value is -2.47. The van der Waals surface area contributed by atoms with Gasteiger partial charge in [0.25, 0.3) is 0 Å². The van der Waals surface area contributed by atoms with Crippen LogP contribution in [0.2, 0.25) is 0 Å². The van der Waals surface area contributed by atoms with Crippen LogP contribution in [0.4, 0.5) is 0 Å². The molecule has 6 heteroatoms. The number of nitrogens with one attached hydrogen (secondary N) is 1. The van der Waals surface area contributed by atoms with Crippen molar-refractivity contribution in [1.82, 2.24) is 15.2 Å². The van der Waals surface area contributed by atoms with E-state index in [4.69, 9.17) is 5.11 Å². The number of thiazole rings is 1. The van der Waals surface area contributed by atoms with Crippen LogP contribution < -0.4 is 0 Å². The second-order valence-electron chi connectivity index (χ2n) is 3.89. The van der Waals surface area contributed by atoms with Gasteiger partial charge in [0.15, 0.2) is 0 Å². The first-order chi connectivity index (χ1) is 9.24. The van der Waals surface area contributed by atoms with Crippen LogP contribution in [-0.4, -0.2) is 26.3 Å². The molecule has 0 aliphatic rings. The van der Waals surface area contributed by atoms with Crippen LogP contribution in [0.3, 0.4) is 0 Å². The van der Waals surface area contributed by atoms with E-state index in [-0.39, 0.29) is 4.88 Å². The van der Waals surface area contributed by atoms with E-state index < -0.39 is 5.97 Å². The lowest BCUT2D eigenvalue weighted by molar-refractivity contribution is 0.0702. The van der Waals surface area contributed by atoms with Crippen LogP contribution in [-0.2, 0) is 0 Å².